The Morgan fingerprint density at radius 2 is 2.42 bits per heavy atom. The van der Waals surface area contributed by atoms with Crippen molar-refractivity contribution in [2.75, 3.05) is 18.0 Å². The molecule has 1 aliphatic heterocycles. The third kappa shape index (κ3) is 3.68. The van der Waals surface area contributed by atoms with Crippen LogP contribution in [0.1, 0.15) is 31.4 Å². The van der Waals surface area contributed by atoms with Crippen LogP contribution in [0.4, 0.5) is 5.82 Å². The molecule has 100 valence electrons. The SMILES string of the molecule is N#Cc1cccc(N2CCCC(CCC(=O)O)C2)n1. The number of rotatable bonds is 4. The van der Waals surface area contributed by atoms with Gasteiger partial charge >= 0.3 is 5.97 Å². The summed E-state index contributed by atoms with van der Waals surface area (Å²) in [5.74, 6) is 0.484. The molecule has 0 bridgehead atoms. The van der Waals surface area contributed by atoms with Gasteiger partial charge in [0, 0.05) is 19.5 Å². The van der Waals surface area contributed by atoms with E-state index in [-0.39, 0.29) is 6.42 Å². The van der Waals surface area contributed by atoms with Gasteiger partial charge in [-0.1, -0.05) is 6.07 Å². The minimum atomic E-state index is -0.735. The number of aliphatic carboxylic acids is 1. The molecule has 5 nitrogen and oxygen atoms in total. The number of piperidine rings is 1. The maximum atomic E-state index is 10.6. The summed E-state index contributed by atoms with van der Waals surface area (Å²) >= 11 is 0. The molecule has 0 aliphatic carbocycles. The summed E-state index contributed by atoms with van der Waals surface area (Å²) in [6.07, 6.45) is 3.05. The van der Waals surface area contributed by atoms with E-state index in [9.17, 15) is 4.79 Å². The van der Waals surface area contributed by atoms with E-state index in [0.717, 1.165) is 31.7 Å². The second-order valence-electron chi connectivity index (χ2n) is 4.88. The van der Waals surface area contributed by atoms with Gasteiger partial charge in [-0.2, -0.15) is 5.26 Å². The van der Waals surface area contributed by atoms with Gasteiger partial charge in [-0.3, -0.25) is 4.79 Å². The predicted molar refractivity (Wildman–Crippen MR) is 70.8 cm³/mol. The fourth-order valence-corrected chi connectivity index (χ4v) is 2.50. The van der Waals surface area contributed by atoms with Crippen molar-refractivity contribution in [1.82, 2.24) is 4.98 Å². The van der Waals surface area contributed by atoms with Gasteiger partial charge in [-0.05, 0) is 37.3 Å². The highest BCUT2D eigenvalue weighted by Gasteiger charge is 2.21. The number of carboxylic acid groups (broad SMARTS) is 1. The van der Waals surface area contributed by atoms with E-state index in [4.69, 9.17) is 10.4 Å². The number of hydrogen-bond acceptors (Lipinski definition) is 4. The van der Waals surface area contributed by atoms with Crippen LogP contribution in [0.2, 0.25) is 0 Å². The van der Waals surface area contributed by atoms with Crippen LogP contribution in [0, 0.1) is 17.2 Å². The van der Waals surface area contributed by atoms with Gasteiger partial charge in [-0.25, -0.2) is 4.98 Å². The van der Waals surface area contributed by atoms with Crippen molar-refractivity contribution in [1.29, 1.82) is 5.26 Å². The summed E-state index contributed by atoms with van der Waals surface area (Å²) in [6, 6.07) is 7.47. The van der Waals surface area contributed by atoms with Gasteiger partial charge in [0.05, 0.1) is 0 Å². The number of aromatic nitrogens is 1. The zero-order chi connectivity index (χ0) is 13.7. The first-order chi connectivity index (χ1) is 9.19. The summed E-state index contributed by atoms with van der Waals surface area (Å²) in [5.41, 5.74) is 0.421. The molecule has 0 saturated carbocycles. The lowest BCUT2D eigenvalue weighted by molar-refractivity contribution is -0.137. The first-order valence-corrected chi connectivity index (χ1v) is 6.53. The molecule has 0 aromatic carbocycles. The van der Waals surface area contributed by atoms with Crippen molar-refractivity contribution in [3.63, 3.8) is 0 Å². The largest absolute Gasteiger partial charge is 0.481 e. The van der Waals surface area contributed by atoms with E-state index in [1.807, 2.05) is 18.2 Å². The first-order valence-electron chi connectivity index (χ1n) is 6.53. The molecule has 1 atom stereocenters. The van der Waals surface area contributed by atoms with Crippen molar-refractivity contribution < 1.29 is 9.90 Å². The highest BCUT2D eigenvalue weighted by atomic mass is 16.4. The lowest BCUT2D eigenvalue weighted by Crippen LogP contribution is -2.36. The number of nitriles is 1. The fourth-order valence-electron chi connectivity index (χ4n) is 2.50. The Hall–Kier alpha value is -2.09. The maximum Gasteiger partial charge on any atom is 0.303 e. The monoisotopic (exact) mass is 259 g/mol. The lowest BCUT2D eigenvalue weighted by atomic mass is 9.93. The normalized spacial score (nSPS) is 18.9. The average molecular weight is 259 g/mol. The molecule has 1 aromatic rings. The van der Waals surface area contributed by atoms with E-state index in [0.29, 0.717) is 18.0 Å². The van der Waals surface area contributed by atoms with Crippen molar-refractivity contribution in [3.8, 4) is 6.07 Å². The quantitative estimate of drug-likeness (QED) is 0.895. The molecular formula is C14H17N3O2. The molecule has 0 amide bonds. The van der Waals surface area contributed by atoms with E-state index in [1.165, 1.54) is 0 Å². The third-order valence-electron chi connectivity index (χ3n) is 3.46. The summed E-state index contributed by atoms with van der Waals surface area (Å²) < 4.78 is 0. The molecule has 2 rings (SSSR count). The molecule has 1 saturated heterocycles. The van der Waals surface area contributed by atoms with Gasteiger partial charge in [0.2, 0.25) is 0 Å². The Labute approximate surface area is 112 Å². The minimum Gasteiger partial charge on any atom is -0.481 e. The van der Waals surface area contributed by atoms with Crippen LogP contribution in [0.15, 0.2) is 18.2 Å². The Kier molecular flexibility index (Phi) is 4.35. The zero-order valence-corrected chi connectivity index (χ0v) is 10.7. The van der Waals surface area contributed by atoms with Crippen molar-refractivity contribution in [2.45, 2.75) is 25.7 Å². The van der Waals surface area contributed by atoms with Gasteiger partial charge < -0.3 is 10.0 Å². The van der Waals surface area contributed by atoms with Crippen LogP contribution in [-0.2, 0) is 4.79 Å². The number of nitrogens with zero attached hydrogens (tertiary/aromatic N) is 3. The molecule has 1 aromatic heterocycles. The van der Waals surface area contributed by atoms with Gasteiger partial charge in [0.25, 0.3) is 0 Å². The van der Waals surface area contributed by atoms with Crippen LogP contribution in [0.25, 0.3) is 0 Å². The second kappa shape index (κ2) is 6.19. The number of anilines is 1. The van der Waals surface area contributed by atoms with E-state index >= 15 is 0 Å². The average Bonchev–Trinajstić information content (AvgIpc) is 2.45. The lowest BCUT2D eigenvalue weighted by Gasteiger charge is -2.33. The van der Waals surface area contributed by atoms with Crippen LogP contribution in [-0.4, -0.2) is 29.1 Å². The van der Waals surface area contributed by atoms with E-state index in [1.54, 1.807) is 6.07 Å². The molecular weight excluding hydrogens is 242 g/mol. The Bertz CT molecular complexity index is 496. The number of hydrogen-bond donors (Lipinski definition) is 1. The van der Waals surface area contributed by atoms with Crippen LogP contribution in [0.5, 0.6) is 0 Å². The highest BCUT2D eigenvalue weighted by Crippen LogP contribution is 2.24. The molecule has 1 N–H and O–H groups in total. The van der Waals surface area contributed by atoms with E-state index in [2.05, 4.69) is 9.88 Å². The molecule has 2 heterocycles. The Morgan fingerprint density at radius 1 is 1.58 bits per heavy atom. The maximum absolute atomic E-state index is 10.6. The summed E-state index contributed by atoms with van der Waals surface area (Å²) in [4.78, 5) is 17.1. The minimum absolute atomic E-state index is 0.226. The number of pyridine rings is 1. The number of carboxylic acids is 1. The molecule has 1 aliphatic rings. The van der Waals surface area contributed by atoms with E-state index < -0.39 is 5.97 Å². The summed E-state index contributed by atoms with van der Waals surface area (Å²) in [6.45, 7) is 1.75. The summed E-state index contributed by atoms with van der Waals surface area (Å²) in [5, 5.41) is 17.6. The Balaban J connectivity index is 2.00. The predicted octanol–water partition coefficient (Wildman–Crippen LogP) is 2.03. The molecule has 19 heavy (non-hydrogen) atoms. The number of carbonyl (C=O) groups is 1. The summed E-state index contributed by atoms with van der Waals surface area (Å²) in [7, 11) is 0. The molecule has 0 radical (unpaired) electrons. The smallest absolute Gasteiger partial charge is 0.303 e. The molecule has 1 unspecified atom stereocenters. The first kappa shape index (κ1) is 13.3. The Morgan fingerprint density at radius 3 is 3.16 bits per heavy atom. The topological polar surface area (TPSA) is 77.2 Å². The molecule has 5 heteroatoms. The van der Waals surface area contributed by atoms with Crippen molar-refractivity contribution in [2.24, 2.45) is 5.92 Å². The van der Waals surface area contributed by atoms with Gasteiger partial charge in [0.1, 0.15) is 17.6 Å². The van der Waals surface area contributed by atoms with Crippen LogP contribution < -0.4 is 4.90 Å². The third-order valence-corrected chi connectivity index (χ3v) is 3.46. The standard InChI is InChI=1S/C14H17N3O2/c15-9-12-4-1-5-13(16-12)17-8-2-3-11(10-17)6-7-14(18)19/h1,4-5,11H,2-3,6-8,10H2,(H,18,19). The van der Waals surface area contributed by atoms with Crippen molar-refractivity contribution >= 4 is 11.8 Å². The van der Waals surface area contributed by atoms with Gasteiger partial charge in [-0.15, -0.1) is 0 Å². The molecule has 0 spiro atoms. The van der Waals surface area contributed by atoms with Gasteiger partial charge in [0.15, 0.2) is 0 Å². The zero-order valence-electron chi connectivity index (χ0n) is 10.7. The van der Waals surface area contributed by atoms with Crippen LogP contribution >= 0.6 is 0 Å². The second-order valence-corrected chi connectivity index (χ2v) is 4.88. The molecule has 1 fully saturated rings. The fraction of sp³-hybridized carbons (Fsp3) is 0.500. The van der Waals surface area contributed by atoms with Crippen molar-refractivity contribution in [3.05, 3.63) is 23.9 Å². The highest BCUT2D eigenvalue weighted by molar-refractivity contribution is 5.66. The van der Waals surface area contributed by atoms with Crippen LogP contribution in [0.3, 0.4) is 0 Å².